The first-order valence-electron chi connectivity index (χ1n) is 10.7. The summed E-state index contributed by atoms with van der Waals surface area (Å²) in [7, 11) is 0. The van der Waals surface area contributed by atoms with Crippen molar-refractivity contribution in [2.24, 2.45) is 0 Å². The zero-order valence-electron chi connectivity index (χ0n) is 16.8. The number of benzene rings is 1. The van der Waals surface area contributed by atoms with Crippen molar-refractivity contribution >= 4 is 23.4 Å². The molecule has 2 amide bonds. The number of rotatable bonds is 8. The van der Waals surface area contributed by atoms with E-state index in [0.717, 1.165) is 38.5 Å². The van der Waals surface area contributed by atoms with Gasteiger partial charge in [-0.1, -0.05) is 30.9 Å². The summed E-state index contributed by atoms with van der Waals surface area (Å²) in [6.45, 7) is 0.139. The van der Waals surface area contributed by atoms with Crippen LogP contribution in [0, 0.1) is 0 Å². The van der Waals surface area contributed by atoms with Crippen molar-refractivity contribution in [3.63, 3.8) is 0 Å². The van der Waals surface area contributed by atoms with E-state index in [4.69, 9.17) is 21.1 Å². The van der Waals surface area contributed by atoms with Gasteiger partial charge >= 0.3 is 0 Å². The lowest BCUT2D eigenvalue weighted by atomic mass is 9.91. The molecule has 0 atom stereocenters. The van der Waals surface area contributed by atoms with E-state index in [1.807, 2.05) is 0 Å². The number of hydrogen-bond donors (Lipinski definition) is 2. The van der Waals surface area contributed by atoms with E-state index in [0.29, 0.717) is 10.8 Å². The fraction of sp³-hybridized carbons (Fsp3) is 0.636. The van der Waals surface area contributed by atoms with E-state index in [1.54, 1.807) is 24.3 Å². The van der Waals surface area contributed by atoms with Gasteiger partial charge in [0.15, 0.2) is 6.61 Å². The van der Waals surface area contributed by atoms with E-state index >= 15 is 0 Å². The number of carbonyl (C=O) groups is 2. The maximum atomic E-state index is 12.1. The Morgan fingerprint density at radius 3 is 1.97 bits per heavy atom. The van der Waals surface area contributed by atoms with Crippen LogP contribution in [0.3, 0.4) is 0 Å². The fourth-order valence-electron chi connectivity index (χ4n) is 4.03. The number of hydrogen-bond acceptors (Lipinski definition) is 4. The molecule has 0 aliphatic heterocycles. The lowest BCUT2D eigenvalue weighted by Gasteiger charge is -2.30. The molecular weight excluding hydrogens is 392 g/mol. The number of carbonyl (C=O) groups excluding carboxylic acids is 2. The van der Waals surface area contributed by atoms with Crippen molar-refractivity contribution in [2.45, 2.75) is 76.0 Å². The summed E-state index contributed by atoms with van der Waals surface area (Å²) in [6.07, 6.45) is 9.48. The van der Waals surface area contributed by atoms with Crippen LogP contribution in [0.1, 0.15) is 57.8 Å². The van der Waals surface area contributed by atoms with E-state index in [9.17, 15) is 9.59 Å². The monoisotopic (exact) mass is 422 g/mol. The molecule has 7 heteroatoms. The Labute approximate surface area is 177 Å². The van der Waals surface area contributed by atoms with E-state index in [2.05, 4.69) is 10.6 Å². The number of amides is 2. The number of ether oxygens (including phenoxy) is 2. The molecule has 2 aliphatic carbocycles. The molecule has 0 unspecified atom stereocenters. The van der Waals surface area contributed by atoms with Gasteiger partial charge in [0.25, 0.3) is 5.91 Å². The van der Waals surface area contributed by atoms with Gasteiger partial charge in [0, 0.05) is 17.1 Å². The standard InChI is InChI=1S/C22H31ClN2O4/c23-16-6-12-20(13-7-16)29-15-22(27)25-18-10-8-17(9-11-18)24-21(26)14-28-19-4-2-1-3-5-19/h6-7,12-13,17-19H,1-5,8-11,14-15H2,(H,24,26)(H,25,27)/t17-,18-. The Morgan fingerprint density at radius 2 is 1.38 bits per heavy atom. The van der Waals surface area contributed by atoms with Crippen molar-refractivity contribution in [2.75, 3.05) is 13.2 Å². The Hall–Kier alpha value is -1.79. The van der Waals surface area contributed by atoms with Gasteiger partial charge in [-0.3, -0.25) is 9.59 Å². The second-order valence-electron chi connectivity index (χ2n) is 8.00. The minimum absolute atomic E-state index is 0.0171. The Morgan fingerprint density at radius 1 is 0.828 bits per heavy atom. The van der Waals surface area contributed by atoms with Gasteiger partial charge in [-0.05, 0) is 62.8 Å². The third kappa shape index (κ3) is 7.86. The molecule has 0 aromatic heterocycles. The molecular formula is C22H31ClN2O4. The van der Waals surface area contributed by atoms with Crippen molar-refractivity contribution in [3.05, 3.63) is 29.3 Å². The van der Waals surface area contributed by atoms with Crippen LogP contribution in [0.15, 0.2) is 24.3 Å². The summed E-state index contributed by atoms with van der Waals surface area (Å²) >= 11 is 5.83. The molecule has 1 aromatic rings. The van der Waals surface area contributed by atoms with Crippen LogP contribution >= 0.6 is 11.6 Å². The van der Waals surface area contributed by atoms with Crippen LogP contribution in [0.4, 0.5) is 0 Å². The minimum Gasteiger partial charge on any atom is -0.484 e. The van der Waals surface area contributed by atoms with E-state index in [-0.39, 0.29) is 43.2 Å². The molecule has 0 radical (unpaired) electrons. The molecule has 2 fully saturated rings. The lowest BCUT2D eigenvalue weighted by molar-refractivity contribution is -0.129. The second-order valence-corrected chi connectivity index (χ2v) is 8.43. The maximum absolute atomic E-state index is 12.1. The van der Waals surface area contributed by atoms with Crippen LogP contribution in [-0.4, -0.2) is 43.2 Å². The topological polar surface area (TPSA) is 76.7 Å². The van der Waals surface area contributed by atoms with Crippen molar-refractivity contribution in [1.29, 1.82) is 0 Å². The Bertz CT molecular complexity index is 653. The van der Waals surface area contributed by atoms with Crippen LogP contribution in [0.2, 0.25) is 5.02 Å². The van der Waals surface area contributed by atoms with E-state index < -0.39 is 0 Å². The lowest BCUT2D eigenvalue weighted by Crippen LogP contribution is -2.45. The summed E-state index contributed by atoms with van der Waals surface area (Å²) in [5.41, 5.74) is 0. The van der Waals surface area contributed by atoms with Crippen molar-refractivity contribution in [1.82, 2.24) is 10.6 Å². The average Bonchev–Trinajstić information content (AvgIpc) is 2.74. The average molecular weight is 423 g/mol. The van der Waals surface area contributed by atoms with Gasteiger partial charge < -0.3 is 20.1 Å². The molecule has 2 aliphatic rings. The highest BCUT2D eigenvalue weighted by atomic mass is 35.5. The molecule has 2 saturated carbocycles. The highest BCUT2D eigenvalue weighted by Crippen LogP contribution is 2.21. The molecule has 0 bridgehead atoms. The molecule has 0 heterocycles. The minimum atomic E-state index is -0.131. The molecule has 29 heavy (non-hydrogen) atoms. The molecule has 0 saturated heterocycles. The van der Waals surface area contributed by atoms with Gasteiger partial charge in [-0.25, -0.2) is 0 Å². The van der Waals surface area contributed by atoms with Crippen LogP contribution in [-0.2, 0) is 14.3 Å². The van der Waals surface area contributed by atoms with Gasteiger partial charge in [-0.15, -0.1) is 0 Å². The first-order valence-corrected chi connectivity index (χ1v) is 11.0. The van der Waals surface area contributed by atoms with E-state index in [1.165, 1.54) is 19.3 Å². The fourth-order valence-corrected chi connectivity index (χ4v) is 4.15. The summed E-state index contributed by atoms with van der Waals surface area (Å²) in [6, 6.07) is 7.22. The zero-order valence-corrected chi connectivity index (χ0v) is 17.6. The summed E-state index contributed by atoms with van der Waals surface area (Å²) in [5.74, 6) is 0.458. The molecule has 1 aromatic carbocycles. The molecule has 2 N–H and O–H groups in total. The zero-order chi connectivity index (χ0) is 20.5. The summed E-state index contributed by atoms with van der Waals surface area (Å²) in [4.78, 5) is 24.2. The summed E-state index contributed by atoms with van der Waals surface area (Å²) < 4.78 is 11.2. The van der Waals surface area contributed by atoms with Gasteiger partial charge in [0.05, 0.1) is 6.10 Å². The second kappa shape index (κ2) is 11.4. The van der Waals surface area contributed by atoms with Gasteiger partial charge in [0.1, 0.15) is 12.4 Å². The molecule has 0 spiro atoms. The third-order valence-corrected chi connectivity index (χ3v) is 5.90. The van der Waals surface area contributed by atoms with Gasteiger partial charge in [0.2, 0.25) is 5.91 Å². The maximum Gasteiger partial charge on any atom is 0.258 e. The van der Waals surface area contributed by atoms with Crippen LogP contribution in [0.5, 0.6) is 5.75 Å². The summed E-state index contributed by atoms with van der Waals surface area (Å²) in [5, 5.41) is 6.72. The van der Waals surface area contributed by atoms with Gasteiger partial charge in [-0.2, -0.15) is 0 Å². The highest BCUT2D eigenvalue weighted by molar-refractivity contribution is 6.30. The highest BCUT2D eigenvalue weighted by Gasteiger charge is 2.24. The number of nitrogens with one attached hydrogen (secondary N) is 2. The van der Waals surface area contributed by atoms with Crippen LogP contribution < -0.4 is 15.4 Å². The largest absolute Gasteiger partial charge is 0.484 e. The molecule has 160 valence electrons. The first-order chi connectivity index (χ1) is 14.1. The smallest absolute Gasteiger partial charge is 0.258 e. The predicted molar refractivity (Wildman–Crippen MR) is 112 cm³/mol. The Balaban J connectivity index is 1.27. The van der Waals surface area contributed by atoms with Crippen molar-refractivity contribution < 1.29 is 19.1 Å². The quantitative estimate of drug-likeness (QED) is 0.670. The third-order valence-electron chi connectivity index (χ3n) is 5.64. The first kappa shape index (κ1) is 21.9. The van der Waals surface area contributed by atoms with Crippen molar-refractivity contribution in [3.8, 4) is 5.75 Å². The Kier molecular flexibility index (Phi) is 8.62. The van der Waals surface area contributed by atoms with Crippen LogP contribution in [0.25, 0.3) is 0 Å². The SMILES string of the molecule is O=C(COc1ccc(Cl)cc1)N[C@H]1CC[C@H](NC(=O)COC2CCCCC2)CC1. The molecule has 6 nitrogen and oxygen atoms in total. The predicted octanol–water partition coefficient (Wildman–Crippen LogP) is 3.61. The normalized spacial score (nSPS) is 22.7. The number of halogens is 1. The molecule has 3 rings (SSSR count).